The van der Waals surface area contributed by atoms with E-state index in [1.807, 2.05) is 6.92 Å². The molecule has 1 N–H and O–H groups in total. The number of hydrogen-bond acceptors (Lipinski definition) is 2. The van der Waals surface area contributed by atoms with Crippen LogP contribution in [0.3, 0.4) is 0 Å². The minimum Gasteiger partial charge on any atom is -0.359 e. The van der Waals surface area contributed by atoms with Gasteiger partial charge in [0.2, 0.25) is 0 Å². The lowest BCUT2D eigenvalue weighted by atomic mass is 10.1. The van der Waals surface area contributed by atoms with Gasteiger partial charge >= 0.3 is 6.18 Å². The van der Waals surface area contributed by atoms with Gasteiger partial charge < -0.3 is 10.2 Å². The minimum atomic E-state index is -4.21. The zero-order valence-corrected chi connectivity index (χ0v) is 12.1. The summed E-state index contributed by atoms with van der Waals surface area (Å²) in [5.41, 5.74) is 1.45. The molecule has 0 aromatic heterocycles. The van der Waals surface area contributed by atoms with E-state index in [2.05, 4.69) is 5.32 Å². The molecule has 1 fully saturated rings. The summed E-state index contributed by atoms with van der Waals surface area (Å²) in [5.74, 6) is 0. The summed E-state index contributed by atoms with van der Waals surface area (Å²) in [6.07, 6.45) is -2.59. The van der Waals surface area contributed by atoms with E-state index in [0.717, 1.165) is 24.9 Å². The molecule has 1 aromatic carbocycles. The van der Waals surface area contributed by atoms with Crippen LogP contribution in [0.2, 0.25) is 5.02 Å². The Kier molecular flexibility index (Phi) is 4.81. The second kappa shape index (κ2) is 6.22. The first-order valence-electron chi connectivity index (χ1n) is 6.73. The molecule has 1 aromatic rings. The van der Waals surface area contributed by atoms with E-state index in [1.54, 1.807) is 18.2 Å². The summed E-state index contributed by atoms with van der Waals surface area (Å²) in [6, 6.07) is 5.14. The van der Waals surface area contributed by atoms with Crippen molar-refractivity contribution in [3.63, 3.8) is 0 Å². The first kappa shape index (κ1) is 15.4. The van der Waals surface area contributed by atoms with Crippen LogP contribution in [0.5, 0.6) is 0 Å². The first-order chi connectivity index (χ1) is 9.40. The molecule has 20 heavy (non-hydrogen) atoms. The van der Waals surface area contributed by atoms with Gasteiger partial charge in [0.1, 0.15) is 6.54 Å². The summed E-state index contributed by atoms with van der Waals surface area (Å²) in [4.78, 5) is 1.44. The second-order valence-electron chi connectivity index (χ2n) is 5.03. The fraction of sp³-hybridized carbons (Fsp3) is 0.571. The van der Waals surface area contributed by atoms with Crippen molar-refractivity contribution in [2.75, 3.05) is 18.0 Å². The van der Waals surface area contributed by atoms with Gasteiger partial charge in [-0.1, -0.05) is 24.6 Å². The Morgan fingerprint density at radius 3 is 2.60 bits per heavy atom. The Hall–Kier alpha value is -0.940. The lowest BCUT2D eigenvalue weighted by molar-refractivity contribution is -0.120. The van der Waals surface area contributed by atoms with E-state index in [1.165, 1.54) is 4.90 Å². The monoisotopic (exact) mass is 306 g/mol. The number of hydrogen-bond donors (Lipinski definition) is 1. The lowest BCUT2D eigenvalue weighted by Crippen LogP contribution is -2.36. The second-order valence-corrected chi connectivity index (χ2v) is 5.46. The number of halogens is 4. The summed E-state index contributed by atoms with van der Waals surface area (Å²) in [7, 11) is 0. The molecule has 0 amide bonds. The molecule has 112 valence electrons. The maximum atomic E-state index is 12.8. The van der Waals surface area contributed by atoms with Crippen LogP contribution >= 0.6 is 11.6 Å². The van der Waals surface area contributed by atoms with Crippen molar-refractivity contribution in [2.24, 2.45) is 0 Å². The zero-order chi connectivity index (χ0) is 14.8. The third-order valence-corrected chi connectivity index (χ3v) is 3.49. The summed E-state index contributed by atoms with van der Waals surface area (Å²) < 4.78 is 38.3. The van der Waals surface area contributed by atoms with E-state index in [0.29, 0.717) is 17.3 Å². The Labute approximate surface area is 121 Å². The van der Waals surface area contributed by atoms with Crippen molar-refractivity contribution in [2.45, 2.75) is 38.5 Å². The average Bonchev–Trinajstić information content (AvgIpc) is 3.17. The molecular weight excluding hydrogens is 289 g/mol. The summed E-state index contributed by atoms with van der Waals surface area (Å²) in [6.45, 7) is 2.36. The molecule has 0 radical (unpaired) electrons. The first-order valence-corrected chi connectivity index (χ1v) is 7.11. The maximum Gasteiger partial charge on any atom is 0.405 e. The topological polar surface area (TPSA) is 15.3 Å². The lowest BCUT2D eigenvalue weighted by Gasteiger charge is -2.28. The molecule has 0 bridgehead atoms. The number of anilines is 1. The van der Waals surface area contributed by atoms with Crippen LogP contribution in [0.25, 0.3) is 0 Å². The van der Waals surface area contributed by atoms with Gasteiger partial charge in [-0.3, -0.25) is 0 Å². The number of rotatable bonds is 6. The fourth-order valence-corrected chi connectivity index (χ4v) is 2.37. The van der Waals surface area contributed by atoms with Gasteiger partial charge in [-0.25, -0.2) is 0 Å². The molecule has 0 aliphatic heterocycles. The highest BCUT2D eigenvalue weighted by Crippen LogP contribution is 2.37. The van der Waals surface area contributed by atoms with E-state index in [4.69, 9.17) is 11.6 Å². The largest absolute Gasteiger partial charge is 0.405 e. The van der Waals surface area contributed by atoms with Crippen LogP contribution in [-0.2, 0) is 6.54 Å². The highest BCUT2D eigenvalue weighted by atomic mass is 35.5. The zero-order valence-electron chi connectivity index (χ0n) is 11.3. The van der Waals surface area contributed by atoms with E-state index in [9.17, 15) is 13.2 Å². The predicted octanol–water partition coefficient (Wildman–Crippen LogP) is 3.98. The molecule has 2 nitrogen and oxygen atoms in total. The minimum absolute atomic E-state index is 0.0181. The van der Waals surface area contributed by atoms with Crippen molar-refractivity contribution in [1.29, 1.82) is 0 Å². The molecule has 0 saturated heterocycles. The number of nitrogens with one attached hydrogen (secondary N) is 1. The smallest absolute Gasteiger partial charge is 0.359 e. The van der Waals surface area contributed by atoms with Crippen LogP contribution < -0.4 is 10.2 Å². The molecule has 0 atom stereocenters. The normalized spacial score (nSPS) is 15.4. The van der Waals surface area contributed by atoms with Gasteiger partial charge in [0, 0.05) is 23.3 Å². The Bertz CT molecular complexity index is 458. The van der Waals surface area contributed by atoms with Crippen LogP contribution in [0.4, 0.5) is 18.9 Å². The van der Waals surface area contributed by atoms with Crippen molar-refractivity contribution in [1.82, 2.24) is 5.32 Å². The van der Waals surface area contributed by atoms with E-state index < -0.39 is 12.7 Å². The number of alkyl halides is 3. The molecular formula is C14H18ClF3N2. The molecule has 0 heterocycles. The van der Waals surface area contributed by atoms with Gasteiger partial charge in [-0.2, -0.15) is 13.2 Å². The molecule has 1 saturated carbocycles. The van der Waals surface area contributed by atoms with Gasteiger partial charge in [0.15, 0.2) is 0 Å². The van der Waals surface area contributed by atoms with Crippen LogP contribution in [0, 0.1) is 0 Å². The third-order valence-electron chi connectivity index (χ3n) is 3.26. The Balaban J connectivity index is 2.28. The van der Waals surface area contributed by atoms with Gasteiger partial charge in [-0.15, -0.1) is 0 Å². The quantitative estimate of drug-likeness (QED) is 0.855. The fourth-order valence-electron chi connectivity index (χ4n) is 2.20. The van der Waals surface area contributed by atoms with Gasteiger partial charge in [-0.05, 0) is 37.1 Å². The molecule has 1 aliphatic carbocycles. The Morgan fingerprint density at radius 1 is 1.35 bits per heavy atom. The van der Waals surface area contributed by atoms with Crippen molar-refractivity contribution >= 4 is 17.3 Å². The molecule has 2 rings (SSSR count). The van der Waals surface area contributed by atoms with Gasteiger partial charge in [0.05, 0.1) is 0 Å². The van der Waals surface area contributed by atoms with Gasteiger partial charge in [0.25, 0.3) is 0 Å². The van der Waals surface area contributed by atoms with Crippen molar-refractivity contribution < 1.29 is 13.2 Å². The summed E-state index contributed by atoms with van der Waals surface area (Å²) in [5, 5.41) is 3.62. The molecule has 6 heteroatoms. The van der Waals surface area contributed by atoms with Crippen molar-refractivity contribution in [3.8, 4) is 0 Å². The SMILES string of the molecule is CCNCc1ccc(Cl)cc1N(CC(F)(F)F)C1CC1. The van der Waals surface area contributed by atoms with Crippen LogP contribution in [-0.4, -0.2) is 25.3 Å². The highest BCUT2D eigenvalue weighted by molar-refractivity contribution is 6.30. The molecule has 0 spiro atoms. The van der Waals surface area contributed by atoms with E-state index in [-0.39, 0.29) is 6.04 Å². The number of nitrogens with zero attached hydrogens (tertiary/aromatic N) is 1. The third kappa shape index (κ3) is 4.28. The van der Waals surface area contributed by atoms with Crippen molar-refractivity contribution in [3.05, 3.63) is 28.8 Å². The average molecular weight is 307 g/mol. The van der Waals surface area contributed by atoms with Crippen LogP contribution in [0.15, 0.2) is 18.2 Å². The summed E-state index contributed by atoms with van der Waals surface area (Å²) >= 11 is 5.96. The molecule has 1 aliphatic rings. The Morgan fingerprint density at radius 2 is 2.05 bits per heavy atom. The predicted molar refractivity (Wildman–Crippen MR) is 75.3 cm³/mol. The van der Waals surface area contributed by atoms with Crippen LogP contribution in [0.1, 0.15) is 25.3 Å². The maximum absolute atomic E-state index is 12.8. The van der Waals surface area contributed by atoms with E-state index >= 15 is 0 Å². The number of benzene rings is 1. The molecule has 0 unspecified atom stereocenters. The standard InChI is InChI=1S/C14H18ClF3N2/c1-2-19-8-10-3-4-11(15)7-13(10)20(12-5-6-12)9-14(16,17)18/h3-4,7,12,19H,2,5-6,8-9H2,1H3. The highest BCUT2D eigenvalue weighted by Gasteiger charge is 2.38.